The highest BCUT2D eigenvalue weighted by Gasteiger charge is 2.32. The van der Waals surface area contributed by atoms with Gasteiger partial charge in [0.25, 0.3) is 0 Å². The van der Waals surface area contributed by atoms with Crippen LogP contribution >= 0.6 is 0 Å². The predicted octanol–water partition coefficient (Wildman–Crippen LogP) is 20.0. The zero-order valence-corrected chi connectivity index (χ0v) is 42.8. The van der Waals surface area contributed by atoms with Gasteiger partial charge in [-0.2, -0.15) is 0 Å². The summed E-state index contributed by atoms with van der Waals surface area (Å²) in [6.45, 7) is 18.3. The molecular weight excluding hydrogens is 879 g/mol. The Hall–Kier alpha value is -8.26. The van der Waals surface area contributed by atoms with Crippen molar-refractivity contribution < 1.29 is 0 Å². The third kappa shape index (κ3) is 5.74. The number of anilines is 3. The molecule has 1 heteroatoms. The fourth-order valence-corrected chi connectivity index (χ4v) is 13.5. The molecule has 13 aromatic carbocycles. The molecule has 0 aliphatic heterocycles. The Morgan fingerprint density at radius 3 is 1.08 bits per heavy atom. The zero-order valence-electron chi connectivity index (χ0n) is 42.8. The van der Waals surface area contributed by atoms with Crippen LogP contribution in [-0.4, -0.2) is 0 Å². The van der Waals surface area contributed by atoms with Crippen LogP contribution in [0.5, 0.6) is 0 Å². The van der Waals surface area contributed by atoms with Crippen molar-refractivity contribution in [3.8, 4) is 44.5 Å². The minimum atomic E-state index is 0.0601. The molecule has 0 saturated carbocycles. The van der Waals surface area contributed by atoms with Crippen LogP contribution in [-0.2, 0) is 10.8 Å². The number of rotatable bonds is 5. The highest BCUT2D eigenvalue weighted by molar-refractivity contribution is 6.48. The van der Waals surface area contributed by atoms with Crippen molar-refractivity contribution in [2.24, 2.45) is 0 Å². The van der Waals surface area contributed by atoms with Gasteiger partial charge in [-0.3, -0.25) is 0 Å². The van der Waals surface area contributed by atoms with Crippen molar-refractivity contribution >= 4 is 81.7 Å². The first-order chi connectivity index (χ1) is 35.3. The molecule has 0 spiro atoms. The van der Waals surface area contributed by atoms with Crippen molar-refractivity contribution in [2.75, 3.05) is 4.90 Å². The molecule has 0 atom stereocenters. The van der Waals surface area contributed by atoms with Gasteiger partial charge in [-0.1, -0.05) is 193 Å². The fraction of sp³-hybridized carbons (Fsp3) is 0.139. The molecule has 0 amide bonds. The Labute approximate surface area is 426 Å². The minimum Gasteiger partial charge on any atom is -0.310 e. The molecule has 0 radical (unpaired) electrons. The van der Waals surface area contributed by atoms with Gasteiger partial charge in [-0.15, -0.1) is 0 Å². The number of benzene rings is 11. The lowest BCUT2D eigenvalue weighted by molar-refractivity contribution is 0.590. The third-order valence-electron chi connectivity index (χ3n) is 17.1. The molecule has 0 unspecified atom stereocenters. The molecule has 0 N–H and O–H groups in total. The summed E-state index contributed by atoms with van der Waals surface area (Å²) >= 11 is 0. The Morgan fingerprint density at radius 1 is 0.274 bits per heavy atom. The first-order valence-corrected chi connectivity index (χ1v) is 26.2. The molecule has 0 saturated heterocycles. The van der Waals surface area contributed by atoms with E-state index in [9.17, 15) is 0 Å². The molecule has 2 aliphatic rings. The first kappa shape index (κ1) is 42.4. The van der Waals surface area contributed by atoms with Gasteiger partial charge in [-0.05, 0) is 213 Å². The van der Waals surface area contributed by atoms with Gasteiger partial charge < -0.3 is 4.90 Å². The zero-order chi connectivity index (χ0) is 49.4. The van der Waals surface area contributed by atoms with Gasteiger partial charge in [0.15, 0.2) is 0 Å². The fourth-order valence-electron chi connectivity index (χ4n) is 13.5. The molecule has 0 bridgehead atoms. The predicted molar refractivity (Wildman–Crippen MR) is 312 cm³/mol. The molecule has 0 aromatic heterocycles. The van der Waals surface area contributed by atoms with E-state index < -0.39 is 0 Å². The lowest BCUT2D eigenvalue weighted by atomic mass is 9.85. The number of aryl methyl sites for hydroxylation is 2. The minimum absolute atomic E-state index is 0.0601. The summed E-state index contributed by atoms with van der Waals surface area (Å²) in [6, 6.07) is 72.4. The van der Waals surface area contributed by atoms with E-state index in [0.29, 0.717) is 0 Å². The van der Waals surface area contributed by atoms with Crippen LogP contribution in [0.3, 0.4) is 0 Å². The van der Waals surface area contributed by atoms with E-state index in [-0.39, 0.29) is 10.8 Å². The van der Waals surface area contributed by atoms with Crippen LogP contribution in [0.15, 0.2) is 188 Å². The van der Waals surface area contributed by atoms with E-state index >= 15 is 0 Å². The first-order valence-electron chi connectivity index (χ1n) is 26.2. The molecular formula is C72H55N. The highest BCUT2D eigenvalue weighted by atomic mass is 15.1. The number of nitrogens with zero attached hydrogens (tertiary/aromatic N) is 1. The van der Waals surface area contributed by atoms with Crippen molar-refractivity contribution in [3.05, 3.63) is 231 Å². The summed E-state index contributed by atoms with van der Waals surface area (Å²) in [6.07, 6.45) is 0. The second-order valence-electron chi connectivity index (χ2n) is 23.2. The van der Waals surface area contributed by atoms with Crippen LogP contribution in [0.25, 0.3) is 109 Å². The molecule has 13 aromatic rings. The van der Waals surface area contributed by atoms with Gasteiger partial charge in [0.05, 0.1) is 0 Å². The van der Waals surface area contributed by atoms with Crippen LogP contribution in [0.2, 0.25) is 0 Å². The summed E-state index contributed by atoms with van der Waals surface area (Å²) in [7, 11) is 0. The molecule has 15 rings (SSSR count). The van der Waals surface area contributed by atoms with Gasteiger partial charge in [0, 0.05) is 17.1 Å². The van der Waals surface area contributed by atoms with Crippen molar-refractivity contribution in [1.29, 1.82) is 0 Å². The van der Waals surface area contributed by atoms with Crippen molar-refractivity contribution in [1.82, 2.24) is 0 Å². The lowest BCUT2D eigenvalue weighted by Gasteiger charge is -2.28. The van der Waals surface area contributed by atoms with E-state index in [0.717, 1.165) is 17.1 Å². The Morgan fingerprint density at radius 2 is 0.644 bits per heavy atom. The van der Waals surface area contributed by atoms with E-state index in [1.165, 1.54) is 152 Å². The largest absolute Gasteiger partial charge is 0.310 e. The highest BCUT2D eigenvalue weighted by Crippen LogP contribution is 2.59. The van der Waals surface area contributed by atoms with Crippen LogP contribution in [0.1, 0.15) is 63.8 Å². The summed E-state index contributed by atoms with van der Waals surface area (Å²) in [5, 5.41) is 21.5. The normalized spacial score (nSPS) is 12.9. The molecule has 73 heavy (non-hydrogen) atoms. The van der Waals surface area contributed by atoms with Gasteiger partial charge in [0.2, 0.25) is 0 Å². The number of hydrogen-bond donors (Lipinski definition) is 0. The molecule has 0 fully saturated rings. The molecule has 1 nitrogen and oxygen atoms in total. The quantitative estimate of drug-likeness (QED) is 0.166. The molecule has 2 aliphatic carbocycles. The lowest BCUT2D eigenvalue weighted by Crippen LogP contribution is -2.14. The Bertz CT molecular complexity index is 4520. The topological polar surface area (TPSA) is 3.24 Å². The van der Waals surface area contributed by atoms with Crippen molar-refractivity contribution in [2.45, 2.75) is 66.2 Å². The van der Waals surface area contributed by atoms with Gasteiger partial charge >= 0.3 is 0 Å². The Balaban J connectivity index is 1.07. The van der Waals surface area contributed by atoms with Crippen LogP contribution in [0.4, 0.5) is 17.1 Å². The maximum Gasteiger partial charge on any atom is 0.0468 e. The number of hydrogen-bond acceptors (Lipinski definition) is 1. The average molecular weight is 934 g/mol. The van der Waals surface area contributed by atoms with Crippen LogP contribution in [0, 0.1) is 34.7 Å². The standard InChI is InChI=1S/C72H55N/c1-40-15-9-11-17-47(40)65-67-56-35-31-52-49-19-13-14-20-50(49)53-32-36-57(63(56)61(52)53)68(67)66(48-18-12-10-16-41(48)2)70-59-38-34-55-60-39-46(29-30-51(60)54-33-37-58(69(65)70)64(59)62(54)55)73(44-25-21-42(22-26-44)71(3,4)5)45-27-23-43(24-28-45)72(6,7)8/h9-39H,1-8H3. The monoisotopic (exact) mass is 933 g/mol. The third-order valence-corrected chi connectivity index (χ3v) is 17.1. The van der Waals surface area contributed by atoms with Gasteiger partial charge in [-0.25, -0.2) is 0 Å². The molecule has 0 heterocycles. The molecule has 348 valence electrons. The summed E-state index contributed by atoms with van der Waals surface area (Å²) in [5.74, 6) is 0. The second-order valence-corrected chi connectivity index (χ2v) is 23.2. The average Bonchev–Trinajstić information content (AvgIpc) is 4.11. The SMILES string of the molecule is Cc1ccccc1-c1c2c3ccc4c5c(ccc(c2c(-c2ccccc2C)c2c6ccc7c8c(ccc(c12)c86)=c1ccc(N(c2ccc(C(C)(C)C)cc2)c2ccc(C(C)(C)C)cc2)cc1=7)c53)-c1ccccc1-4. The van der Waals surface area contributed by atoms with Crippen LogP contribution < -0.4 is 4.90 Å². The maximum atomic E-state index is 2.48. The summed E-state index contributed by atoms with van der Waals surface area (Å²) < 4.78 is 0. The van der Waals surface area contributed by atoms with E-state index in [4.69, 9.17) is 0 Å². The van der Waals surface area contributed by atoms with Gasteiger partial charge in [0.1, 0.15) is 0 Å². The smallest absolute Gasteiger partial charge is 0.0468 e. The van der Waals surface area contributed by atoms with E-state index in [1.54, 1.807) is 0 Å². The number of fused-ring (bicyclic) bond motifs is 10. The summed E-state index contributed by atoms with van der Waals surface area (Å²) in [4.78, 5) is 2.45. The van der Waals surface area contributed by atoms with Crippen molar-refractivity contribution in [3.63, 3.8) is 0 Å². The summed E-state index contributed by atoms with van der Waals surface area (Å²) in [5.41, 5.74) is 19.5. The Kier molecular flexibility index (Phi) is 8.53. The maximum absolute atomic E-state index is 2.48. The van der Waals surface area contributed by atoms with E-state index in [1.807, 2.05) is 0 Å². The second kappa shape index (κ2) is 14.7. The van der Waals surface area contributed by atoms with E-state index in [2.05, 4.69) is 248 Å².